The number of benzene rings is 1. The summed E-state index contributed by atoms with van der Waals surface area (Å²) in [5, 5.41) is 7.57. The molecule has 9 nitrogen and oxygen atoms in total. The van der Waals surface area contributed by atoms with E-state index in [2.05, 4.69) is 10.4 Å². The molecule has 168 valence electrons. The van der Waals surface area contributed by atoms with Crippen LogP contribution in [0.3, 0.4) is 0 Å². The molecule has 12 heteroatoms. The van der Waals surface area contributed by atoms with E-state index in [1.807, 2.05) is 0 Å². The van der Waals surface area contributed by atoms with E-state index in [1.54, 1.807) is 25.1 Å². The van der Waals surface area contributed by atoms with Crippen LogP contribution in [-0.2, 0) is 16.2 Å². The lowest BCUT2D eigenvalue weighted by atomic mass is 10.1. The Hall–Kier alpha value is -3.08. The number of nitrogens with zero attached hydrogens (tertiary/aromatic N) is 2. The molecule has 0 bridgehead atoms. The number of carbonyl (C=O) groups excluding carboxylic acids is 3. The van der Waals surface area contributed by atoms with Crippen molar-refractivity contribution in [3.05, 3.63) is 62.2 Å². The summed E-state index contributed by atoms with van der Waals surface area (Å²) in [7, 11) is 2.43. The summed E-state index contributed by atoms with van der Waals surface area (Å²) >= 11 is 13.0. The second-order valence-corrected chi connectivity index (χ2v) is 8.10. The Bertz CT molecular complexity index is 1170. The van der Waals surface area contributed by atoms with Crippen molar-refractivity contribution in [3.8, 4) is 5.75 Å². The van der Waals surface area contributed by atoms with E-state index >= 15 is 0 Å². The molecule has 0 atom stereocenters. The highest BCUT2D eigenvalue weighted by atomic mass is 35.5. The van der Waals surface area contributed by atoms with Gasteiger partial charge in [-0.1, -0.05) is 29.3 Å². The highest BCUT2D eigenvalue weighted by molar-refractivity contribution is 7.18. The highest BCUT2D eigenvalue weighted by Gasteiger charge is 2.27. The van der Waals surface area contributed by atoms with Crippen LogP contribution in [0.1, 0.15) is 36.1 Å². The zero-order valence-electron chi connectivity index (χ0n) is 17.1. The summed E-state index contributed by atoms with van der Waals surface area (Å²) in [6.07, 6.45) is 1.53. The molecule has 0 aliphatic carbocycles. The zero-order valence-corrected chi connectivity index (χ0v) is 19.4. The maximum atomic E-state index is 12.7. The highest BCUT2D eigenvalue weighted by Crippen LogP contribution is 2.35. The number of aromatic nitrogens is 2. The number of nitrogens with one attached hydrogen (secondary N) is 1. The van der Waals surface area contributed by atoms with E-state index in [4.69, 9.17) is 37.4 Å². The summed E-state index contributed by atoms with van der Waals surface area (Å²) in [4.78, 5) is 37.1. The third-order valence-corrected chi connectivity index (χ3v) is 6.05. The van der Waals surface area contributed by atoms with Gasteiger partial charge in [-0.15, -0.1) is 11.3 Å². The Morgan fingerprint density at radius 3 is 2.38 bits per heavy atom. The standard InChI is InChI=1S/C20H17Cl2N3O6S/c1-10-14(19(27)29-2)18(32-16(10)20(28)30-3)23-17(26)13-7-8-25(24-13)9-31-15-11(21)5-4-6-12(15)22/h4-8H,9H2,1-3H3,(H,23,26). The average Bonchev–Trinajstić information content (AvgIpc) is 3.37. The fraction of sp³-hybridized carbons (Fsp3) is 0.200. The molecule has 1 amide bonds. The molecule has 1 N–H and O–H groups in total. The summed E-state index contributed by atoms with van der Waals surface area (Å²) in [6.45, 7) is 1.52. The topological polar surface area (TPSA) is 109 Å². The third kappa shape index (κ3) is 4.87. The summed E-state index contributed by atoms with van der Waals surface area (Å²) in [5.41, 5.74) is 0.474. The Labute approximate surface area is 196 Å². The van der Waals surface area contributed by atoms with Gasteiger partial charge in [-0.3, -0.25) is 4.79 Å². The van der Waals surface area contributed by atoms with Gasteiger partial charge in [-0.05, 0) is 30.7 Å². The summed E-state index contributed by atoms with van der Waals surface area (Å²) in [6, 6.07) is 6.42. The predicted molar refractivity (Wildman–Crippen MR) is 119 cm³/mol. The zero-order chi connectivity index (χ0) is 23.4. The second kappa shape index (κ2) is 10.0. The van der Waals surface area contributed by atoms with Crippen molar-refractivity contribution in [2.24, 2.45) is 0 Å². The van der Waals surface area contributed by atoms with Crippen LogP contribution in [-0.4, -0.2) is 41.8 Å². The number of hydrogen-bond acceptors (Lipinski definition) is 8. The number of para-hydroxylation sites is 1. The van der Waals surface area contributed by atoms with Crippen molar-refractivity contribution in [2.45, 2.75) is 13.7 Å². The minimum absolute atomic E-state index is 0.0469. The van der Waals surface area contributed by atoms with Crippen LogP contribution < -0.4 is 10.1 Å². The van der Waals surface area contributed by atoms with E-state index in [0.29, 0.717) is 21.4 Å². The number of amides is 1. The van der Waals surface area contributed by atoms with Crippen LogP contribution in [0.4, 0.5) is 5.00 Å². The monoisotopic (exact) mass is 497 g/mol. The van der Waals surface area contributed by atoms with E-state index < -0.39 is 17.8 Å². The van der Waals surface area contributed by atoms with Crippen LogP contribution >= 0.6 is 34.5 Å². The molecule has 2 heterocycles. The summed E-state index contributed by atoms with van der Waals surface area (Å²) in [5.74, 6) is -1.62. The van der Waals surface area contributed by atoms with E-state index in [1.165, 1.54) is 31.2 Å². The number of esters is 2. The van der Waals surface area contributed by atoms with Crippen LogP contribution in [0, 0.1) is 6.92 Å². The van der Waals surface area contributed by atoms with Crippen molar-refractivity contribution in [1.29, 1.82) is 0 Å². The van der Waals surface area contributed by atoms with Crippen molar-refractivity contribution < 1.29 is 28.6 Å². The van der Waals surface area contributed by atoms with Crippen molar-refractivity contribution in [3.63, 3.8) is 0 Å². The first-order chi connectivity index (χ1) is 15.3. The number of rotatable bonds is 7. The lowest BCUT2D eigenvalue weighted by molar-refractivity contribution is 0.0601. The van der Waals surface area contributed by atoms with Gasteiger partial charge in [0.2, 0.25) is 0 Å². The number of anilines is 1. The van der Waals surface area contributed by atoms with Gasteiger partial charge >= 0.3 is 11.9 Å². The van der Waals surface area contributed by atoms with Crippen LogP contribution in [0.5, 0.6) is 5.75 Å². The van der Waals surface area contributed by atoms with E-state index in [-0.39, 0.29) is 27.9 Å². The summed E-state index contributed by atoms with van der Waals surface area (Å²) < 4.78 is 16.5. The number of halogens is 2. The molecule has 0 fully saturated rings. The number of carbonyl (C=O) groups is 3. The molecule has 0 aliphatic rings. The predicted octanol–water partition coefficient (Wildman–Crippen LogP) is 4.42. The molecule has 0 aliphatic heterocycles. The molecule has 3 rings (SSSR count). The SMILES string of the molecule is COC(=O)c1sc(NC(=O)c2ccn(COc3c(Cl)cccc3Cl)n2)c(C(=O)OC)c1C. The van der Waals surface area contributed by atoms with Crippen molar-refractivity contribution in [1.82, 2.24) is 9.78 Å². The van der Waals surface area contributed by atoms with Gasteiger partial charge in [0.05, 0.1) is 29.8 Å². The lowest BCUT2D eigenvalue weighted by Gasteiger charge is -2.09. The van der Waals surface area contributed by atoms with Gasteiger partial charge in [-0.25, -0.2) is 14.3 Å². The van der Waals surface area contributed by atoms with Crippen LogP contribution in [0.25, 0.3) is 0 Å². The van der Waals surface area contributed by atoms with Gasteiger partial charge in [0.1, 0.15) is 9.88 Å². The number of methoxy groups -OCH3 is 2. The minimum atomic E-state index is -0.695. The van der Waals surface area contributed by atoms with E-state index in [0.717, 1.165) is 11.3 Å². The van der Waals surface area contributed by atoms with E-state index in [9.17, 15) is 14.4 Å². The van der Waals surface area contributed by atoms with Crippen LogP contribution in [0.15, 0.2) is 30.5 Å². The first-order valence-electron chi connectivity index (χ1n) is 8.98. The molecule has 1 aromatic carbocycles. The first kappa shape index (κ1) is 23.6. The molecule has 0 saturated heterocycles. The minimum Gasteiger partial charge on any atom is -0.468 e. The Morgan fingerprint density at radius 2 is 1.75 bits per heavy atom. The molecular weight excluding hydrogens is 481 g/mol. The quantitative estimate of drug-likeness (QED) is 0.481. The molecule has 2 aromatic heterocycles. The second-order valence-electron chi connectivity index (χ2n) is 6.26. The fourth-order valence-electron chi connectivity index (χ4n) is 2.71. The maximum absolute atomic E-state index is 12.7. The Morgan fingerprint density at radius 1 is 1.09 bits per heavy atom. The maximum Gasteiger partial charge on any atom is 0.348 e. The van der Waals surface area contributed by atoms with Crippen molar-refractivity contribution >= 4 is 57.4 Å². The molecule has 0 radical (unpaired) electrons. The van der Waals surface area contributed by atoms with Crippen molar-refractivity contribution in [2.75, 3.05) is 19.5 Å². The molecule has 3 aromatic rings. The molecule has 0 unspecified atom stereocenters. The van der Waals surface area contributed by atoms with Crippen LogP contribution in [0.2, 0.25) is 10.0 Å². The average molecular weight is 498 g/mol. The number of hydrogen-bond donors (Lipinski definition) is 1. The lowest BCUT2D eigenvalue weighted by Crippen LogP contribution is -2.16. The van der Waals surface area contributed by atoms with Gasteiger partial charge in [0.25, 0.3) is 5.91 Å². The Kier molecular flexibility index (Phi) is 7.39. The first-order valence-corrected chi connectivity index (χ1v) is 10.6. The molecule has 0 saturated carbocycles. The number of thiophene rings is 1. The number of ether oxygens (including phenoxy) is 3. The molecule has 32 heavy (non-hydrogen) atoms. The molecular formula is C20H17Cl2N3O6S. The fourth-order valence-corrected chi connectivity index (χ4v) is 4.32. The third-order valence-electron chi connectivity index (χ3n) is 4.27. The van der Waals surface area contributed by atoms with Gasteiger partial charge < -0.3 is 19.5 Å². The normalized spacial score (nSPS) is 10.5. The molecule has 0 spiro atoms. The van der Waals surface area contributed by atoms with Gasteiger partial charge in [0.15, 0.2) is 18.2 Å². The van der Waals surface area contributed by atoms with Gasteiger partial charge in [0, 0.05) is 6.20 Å². The van der Waals surface area contributed by atoms with Gasteiger partial charge in [-0.2, -0.15) is 5.10 Å². The smallest absolute Gasteiger partial charge is 0.348 e. The Balaban J connectivity index is 1.78. The largest absolute Gasteiger partial charge is 0.468 e.